The van der Waals surface area contributed by atoms with Gasteiger partial charge in [-0.3, -0.25) is 0 Å². The number of hydrogen-bond donors (Lipinski definition) is 5. The molecule has 5 N–H and O–H groups in total. The summed E-state index contributed by atoms with van der Waals surface area (Å²) in [4.78, 5) is 0. The van der Waals surface area contributed by atoms with E-state index in [0.717, 1.165) is 5.92 Å². The van der Waals surface area contributed by atoms with Crippen LogP contribution >= 0.6 is 0 Å². The SMILES string of the molecule is C=C(O)CNC1C(O)C(O)C(CO)OC1C(C)(C)C.CC(C)C. The minimum absolute atomic E-state index is 0.0568. The van der Waals surface area contributed by atoms with Crippen molar-refractivity contribution in [2.45, 2.75) is 72.0 Å². The second-order valence-corrected chi connectivity index (χ2v) is 7.83. The molecule has 1 aliphatic rings. The monoisotopic (exact) mass is 333 g/mol. The smallest absolute Gasteiger partial charge is 0.110 e. The highest BCUT2D eigenvalue weighted by molar-refractivity contribution is 5.01. The molecule has 1 fully saturated rings. The van der Waals surface area contributed by atoms with E-state index in [4.69, 9.17) is 9.84 Å². The molecule has 0 radical (unpaired) electrons. The van der Waals surface area contributed by atoms with E-state index in [1.165, 1.54) is 0 Å². The zero-order valence-corrected chi connectivity index (χ0v) is 15.3. The number of aliphatic hydroxyl groups is 4. The summed E-state index contributed by atoms with van der Waals surface area (Å²) in [6.07, 6.45) is -3.49. The third kappa shape index (κ3) is 7.63. The molecule has 1 heterocycles. The maximum Gasteiger partial charge on any atom is 0.110 e. The van der Waals surface area contributed by atoms with E-state index in [1.54, 1.807) is 0 Å². The predicted octanol–water partition coefficient (Wildman–Crippen LogP) is 1.21. The van der Waals surface area contributed by atoms with E-state index in [-0.39, 0.29) is 24.3 Å². The molecule has 0 amide bonds. The Kier molecular flexibility index (Phi) is 9.32. The molecular weight excluding hydrogens is 298 g/mol. The number of aliphatic hydroxyl groups excluding tert-OH is 4. The highest BCUT2D eigenvalue weighted by atomic mass is 16.5. The molecule has 1 rings (SSSR count). The van der Waals surface area contributed by atoms with Crippen LogP contribution in [-0.2, 0) is 4.74 Å². The summed E-state index contributed by atoms with van der Waals surface area (Å²) >= 11 is 0. The van der Waals surface area contributed by atoms with Gasteiger partial charge < -0.3 is 30.5 Å². The lowest BCUT2D eigenvalue weighted by atomic mass is 9.78. The van der Waals surface area contributed by atoms with Crippen molar-refractivity contribution in [2.24, 2.45) is 11.3 Å². The van der Waals surface area contributed by atoms with Gasteiger partial charge in [0.25, 0.3) is 0 Å². The van der Waals surface area contributed by atoms with E-state index in [9.17, 15) is 15.3 Å². The fourth-order valence-corrected chi connectivity index (χ4v) is 2.32. The summed E-state index contributed by atoms with van der Waals surface area (Å²) in [5.41, 5.74) is -0.303. The maximum absolute atomic E-state index is 10.2. The zero-order chi connectivity index (χ0) is 18.4. The molecule has 0 aromatic heterocycles. The minimum atomic E-state index is -1.17. The molecule has 0 aliphatic carbocycles. The molecule has 5 unspecified atom stereocenters. The van der Waals surface area contributed by atoms with Crippen LogP contribution in [-0.4, -0.2) is 64.0 Å². The molecule has 6 nitrogen and oxygen atoms in total. The van der Waals surface area contributed by atoms with E-state index in [1.807, 2.05) is 20.8 Å². The summed E-state index contributed by atoms with van der Waals surface area (Å²) in [5.74, 6) is 0.777. The molecule has 0 aromatic carbocycles. The van der Waals surface area contributed by atoms with Gasteiger partial charge in [-0.25, -0.2) is 0 Å². The maximum atomic E-state index is 10.2. The Morgan fingerprint density at radius 1 is 1.17 bits per heavy atom. The van der Waals surface area contributed by atoms with Crippen LogP contribution < -0.4 is 5.32 Å². The first-order chi connectivity index (χ1) is 10.4. The molecule has 0 spiro atoms. The summed E-state index contributed by atoms with van der Waals surface area (Å²) in [7, 11) is 0. The van der Waals surface area contributed by atoms with Gasteiger partial charge in [0.2, 0.25) is 0 Å². The van der Waals surface area contributed by atoms with Gasteiger partial charge in [0.1, 0.15) is 18.3 Å². The number of nitrogens with one attached hydrogen (secondary N) is 1. The Morgan fingerprint density at radius 3 is 2.00 bits per heavy atom. The normalized spacial score (nSPS) is 31.5. The fraction of sp³-hybridized carbons (Fsp3) is 0.882. The fourth-order valence-electron chi connectivity index (χ4n) is 2.32. The van der Waals surface area contributed by atoms with Gasteiger partial charge in [0.05, 0.1) is 31.1 Å². The van der Waals surface area contributed by atoms with Crippen molar-refractivity contribution < 1.29 is 25.2 Å². The molecule has 138 valence electrons. The van der Waals surface area contributed by atoms with Crippen LogP contribution in [0.3, 0.4) is 0 Å². The summed E-state index contributed by atoms with van der Waals surface area (Å²) in [6, 6.07) is -0.554. The summed E-state index contributed by atoms with van der Waals surface area (Å²) in [5, 5.41) is 41.3. The van der Waals surface area contributed by atoms with Gasteiger partial charge in [-0.05, 0) is 11.3 Å². The van der Waals surface area contributed by atoms with Crippen LogP contribution in [0.15, 0.2) is 12.3 Å². The zero-order valence-electron chi connectivity index (χ0n) is 15.3. The highest BCUT2D eigenvalue weighted by Crippen LogP contribution is 2.33. The quantitative estimate of drug-likeness (QED) is 0.496. The number of rotatable bonds is 4. The van der Waals surface area contributed by atoms with Crippen molar-refractivity contribution in [3.05, 3.63) is 12.3 Å². The van der Waals surface area contributed by atoms with Gasteiger partial charge >= 0.3 is 0 Å². The lowest BCUT2D eigenvalue weighted by Crippen LogP contribution is -2.66. The van der Waals surface area contributed by atoms with Gasteiger partial charge in [-0.1, -0.05) is 48.1 Å². The molecule has 0 saturated carbocycles. The van der Waals surface area contributed by atoms with Crippen molar-refractivity contribution in [1.82, 2.24) is 5.32 Å². The van der Waals surface area contributed by atoms with E-state index in [0.29, 0.717) is 0 Å². The van der Waals surface area contributed by atoms with E-state index in [2.05, 4.69) is 32.7 Å². The average molecular weight is 333 g/mol. The number of ether oxygens (including phenoxy) is 1. The third-order valence-corrected chi connectivity index (χ3v) is 3.32. The second-order valence-electron chi connectivity index (χ2n) is 7.83. The second kappa shape index (κ2) is 9.59. The average Bonchev–Trinajstić information content (AvgIpc) is 2.38. The lowest BCUT2D eigenvalue weighted by Gasteiger charge is -2.47. The van der Waals surface area contributed by atoms with Gasteiger partial charge in [0, 0.05) is 0 Å². The van der Waals surface area contributed by atoms with Crippen molar-refractivity contribution >= 4 is 0 Å². The lowest BCUT2D eigenvalue weighted by molar-refractivity contribution is -0.216. The first-order valence-electron chi connectivity index (χ1n) is 8.14. The Bertz CT molecular complexity index is 351. The van der Waals surface area contributed by atoms with Crippen LogP contribution in [0.2, 0.25) is 0 Å². The Labute approximate surface area is 140 Å². The van der Waals surface area contributed by atoms with Crippen LogP contribution in [0.25, 0.3) is 0 Å². The van der Waals surface area contributed by atoms with Gasteiger partial charge in [-0.2, -0.15) is 0 Å². The van der Waals surface area contributed by atoms with Gasteiger partial charge in [0.15, 0.2) is 0 Å². The van der Waals surface area contributed by atoms with Crippen molar-refractivity contribution in [2.75, 3.05) is 13.2 Å². The third-order valence-electron chi connectivity index (χ3n) is 3.32. The van der Waals surface area contributed by atoms with Crippen LogP contribution in [0.1, 0.15) is 41.5 Å². The molecule has 0 bridgehead atoms. The Balaban J connectivity index is 0.00000108. The van der Waals surface area contributed by atoms with Crippen LogP contribution in [0.4, 0.5) is 0 Å². The van der Waals surface area contributed by atoms with Crippen LogP contribution in [0, 0.1) is 11.3 Å². The van der Waals surface area contributed by atoms with Crippen molar-refractivity contribution in [3.63, 3.8) is 0 Å². The first kappa shape index (κ1) is 22.3. The van der Waals surface area contributed by atoms with Crippen LogP contribution in [0.5, 0.6) is 0 Å². The Morgan fingerprint density at radius 2 is 1.65 bits per heavy atom. The highest BCUT2D eigenvalue weighted by Gasteiger charge is 2.47. The molecule has 6 heteroatoms. The van der Waals surface area contributed by atoms with E-state index >= 15 is 0 Å². The van der Waals surface area contributed by atoms with Crippen molar-refractivity contribution in [1.29, 1.82) is 0 Å². The molecule has 0 aromatic rings. The standard InChI is InChI=1S/C13H25NO5.C4H10/c1-7(16)5-14-9-11(18)10(17)8(6-15)19-12(9)13(2,3)4;1-4(2)3/h8-12,14-18H,1,5-6H2,2-4H3;4H,1-3H3. The van der Waals surface area contributed by atoms with E-state index < -0.39 is 30.5 Å². The molecule has 1 aliphatic heterocycles. The Hall–Kier alpha value is -0.660. The molecule has 1 saturated heterocycles. The largest absolute Gasteiger partial charge is 0.512 e. The molecule has 23 heavy (non-hydrogen) atoms. The summed E-state index contributed by atoms with van der Waals surface area (Å²) in [6.45, 7) is 15.4. The summed E-state index contributed by atoms with van der Waals surface area (Å²) < 4.78 is 5.69. The topological polar surface area (TPSA) is 102 Å². The minimum Gasteiger partial charge on any atom is -0.512 e. The van der Waals surface area contributed by atoms with Crippen molar-refractivity contribution in [3.8, 4) is 0 Å². The molecular formula is C17H35NO5. The number of hydrogen-bond acceptors (Lipinski definition) is 6. The predicted molar refractivity (Wildman–Crippen MR) is 91.3 cm³/mol. The molecule has 5 atom stereocenters. The first-order valence-corrected chi connectivity index (χ1v) is 8.14. The van der Waals surface area contributed by atoms with Gasteiger partial charge in [-0.15, -0.1) is 0 Å².